The van der Waals surface area contributed by atoms with Crippen LogP contribution < -0.4 is 5.32 Å². The van der Waals surface area contributed by atoms with Crippen molar-refractivity contribution >= 4 is 5.78 Å². The van der Waals surface area contributed by atoms with E-state index >= 15 is 0 Å². The van der Waals surface area contributed by atoms with Gasteiger partial charge in [0.1, 0.15) is 5.78 Å². The Bertz CT molecular complexity index is 347. The molecule has 1 heterocycles. The number of carbonyl (C=O) groups excluding carboxylic acids is 1. The van der Waals surface area contributed by atoms with Crippen molar-refractivity contribution in [2.24, 2.45) is 5.41 Å². The molecule has 0 radical (unpaired) electrons. The fourth-order valence-corrected chi connectivity index (χ4v) is 2.17. The highest BCUT2D eigenvalue weighted by molar-refractivity contribution is 5.85. The van der Waals surface area contributed by atoms with Gasteiger partial charge >= 0.3 is 0 Å². The predicted octanol–water partition coefficient (Wildman–Crippen LogP) is 1.80. The molecule has 2 nitrogen and oxygen atoms in total. The molecule has 0 amide bonds. The van der Waals surface area contributed by atoms with Crippen LogP contribution in [0.15, 0.2) is 30.3 Å². The van der Waals surface area contributed by atoms with Gasteiger partial charge in [0.15, 0.2) is 0 Å². The fourth-order valence-electron chi connectivity index (χ4n) is 2.17. The van der Waals surface area contributed by atoms with Crippen LogP contribution in [0.4, 0.5) is 0 Å². The first-order valence-electron chi connectivity index (χ1n) is 5.49. The van der Waals surface area contributed by atoms with Crippen LogP contribution in [0.25, 0.3) is 0 Å². The molecule has 2 rings (SSSR count). The van der Waals surface area contributed by atoms with Crippen LogP contribution in [0.1, 0.15) is 18.9 Å². The van der Waals surface area contributed by atoms with Crippen LogP contribution in [0.5, 0.6) is 0 Å². The molecule has 1 N–H and O–H groups in total. The van der Waals surface area contributed by atoms with Crippen molar-refractivity contribution in [3.8, 4) is 0 Å². The maximum atomic E-state index is 11.9. The molecule has 0 spiro atoms. The molecule has 80 valence electrons. The van der Waals surface area contributed by atoms with Crippen LogP contribution in [-0.2, 0) is 11.2 Å². The molecule has 1 aromatic carbocycles. The Morgan fingerprint density at radius 3 is 2.73 bits per heavy atom. The number of nitrogens with one attached hydrogen (secondary N) is 1. The smallest absolute Gasteiger partial charge is 0.141 e. The van der Waals surface area contributed by atoms with Gasteiger partial charge in [-0.3, -0.25) is 4.79 Å². The minimum atomic E-state index is -0.209. The van der Waals surface area contributed by atoms with Crippen molar-refractivity contribution in [3.05, 3.63) is 35.9 Å². The normalized spacial score (nSPS) is 26.6. The van der Waals surface area contributed by atoms with E-state index in [0.717, 1.165) is 19.5 Å². The number of ketones is 1. The molecular formula is C13H17NO. The SMILES string of the molecule is CC1(Cc2ccccc2)CNCCC1=O. The van der Waals surface area contributed by atoms with E-state index in [1.54, 1.807) is 0 Å². The lowest BCUT2D eigenvalue weighted by molar-refractivity contribution is -0.129. The van der Waals surface area contributed by atoms with Crippen molar-refractivity contribution in [1.82, 2.24) is 5.32 Å². The summed E-state index contributed by atoms with van der Waals surface area (Å²) >= 11 is 0. The summed E-state index contributed by atoms with van der Waals surface area (Å²) in [5, 5.41) is 3.31. The van der Waals surface area contributed by atoms with Gasteiger partial charge in [0.25, 0.3) is 0 Å². The van der Waals surface area contributed by atoms with Gasteiger partial charge in [0.05, 0.1) is 0 Å². The molecule has 1 saturated heterocycles. The van der Waals surface area contributed by atoms with Gasteiger partial charge < -0.3 is 5.32 Å². The fraction of sp³-hybridized carbons (Fsp3) is 0.462. The molecule has 1 aliphatic rings. The first-order chi connectivity index (χ1) is 7.21. The molecule has 1 unspecified atom stereocenters. The van der Waals surface area contributed by atoms with Gasteiger partial charge in [0, 0.05) is 24.9 Å². The van der Waals surface area contributed by atoms with E-state index < -0.39 is 0 Å². The van der Waals surface area contributed by atoms with Crippen molar-refractivity contribution in [3.63, 3.8) is 0 Å². The number of Topliss-reactive ketones (excluding diaryl/α,β-unsaturated/α-hetero) is 1. The lowest BCUT2D eigenvalue weighted by atomic mass is 9.76. The van der Waals surface area contributed by atoms with Gasteiger partial charge in [-0.25, -0.2) is 0 Å². The highest BCUT2D eigenvalue weighted by Crippen LogP contribution is 2.26. The van der Waals surface area contributed by atoms with Crippen molar-refractivity contribution in [1.29, 1.82) is 0 Å². The highest BCUT2D eigenvalue weighted by Gasteiger charge is 2.34. The summed E-state index contributed by atoms with van der Waals surface area (Å²) in [6.07, 6.45) is 1.52. The lowest BCUT2D eigenvalue weighted by Gasteiger charge is -2.32. The molecule has 0 aliphatic carbocycles. The summed E-state index contributed by atoms with van der Waals surface area (Å²) in [6, 6.07) is 10.2. The largest absolute Gasteiger partial charge is 0.315 e. The average molecular weight is 203 g/mol. The molecule has 1 atom stereocenters. The van der Waals surface area contributed by atoms with Gasteiger partial charge in [-0.1, -0.05) is 37.3 Å². The zero-order valence-corrected chi connectivity index (χ0v) is 9.12. The molecular weight excluding hydrogens is 186 g/mol. The monoisotopic (exact) mass is 203 g/mol. The summed E-state index contributed by atoms with van der Waals surface area (Å²) in [5.74, 6) is 0.394. The Kier molecular flexibility index (Phi) is 2.87. The molecule has 1 aliphatic heterocycles. The molecule has 2 heteroatoms. The van der Waals surface area contributed by atoms with E-state index in [1.807, 2.05) is 18.2 Å². The second-order valence-corrected chi connectivity index (χ2v) is 4.57. The van der Waals surface area contributed by atoms with Crippen molar-refractivity contribution in [2.45, 2.75) is 19.8 Å². The van der Waals surface area contributed by atoms with E-state index in [-0.39, 0.29) is 5.41 Å². The summed E-state index contributed by atoms with van der Waals surface area (Å²) in [7, 11) is 0. The Hall–Kier alpha value is -1.15. The third-order valence-corrected chi connectivity index (χ3v) is 3.15. The number of benzene rings is 1. The van der Waals surface area contributed by atoms with Crippen LogP contribution in [0.3, 0.4) is 0 Å². The molecule has 0 saturated carbocycles. The minimum absolute atomic E-state index is 0.209. The average Bonchev–Trinajstić information content (AvgIpc) is 2.24. The number of hydrogen-bond acceptors (Lipinski definition) is 2. The standard InChI is InChI=1S/C13H17NO/c1-13(10-14-8-7-12(13)15)9-11-5-3-2-4-6-11/h2-6,14H,7-10H2,1H3. The zero-order valence-electron chi connectivity index (χ0n) is 9.12. The van der Waals surface area contributed by atoms with E-state index in [0.29, 0.717) is 12.2 Å². The molecule has 15 heavy (non-hydrogen) atoms. The van der Waals surface area contributed by atoms with E-state index in [2.05, 4.69) is 24.4 Å². The number of carbonyl (C=O) groups is 1. The van der Waals surface area contributed by atoms with Crippen molar-refractivity contribution in [2.75, 3.05) is 13.1 Å². The maximum absolute atomic E-state index is 11.9. The van der Waals surface area contributed by atoms with Gasteiger partial charge in [-0.15, -0.1) is 0 Å². The number of hydrogen-bond donors (Lipinski definition) is 1. The van der Waals surface area contributed by atoms with E-state index in [4.69, 9.17) is 0 Å². The second kappa shape index (κ2) is 4.15. The third kappa shape index (κ3) is 2.26. The third-order valence-electron chi connectivity index (χ3n) is 3.15. The summed E-state index contributed by atoms with van der Waals surface area (Å²) in [6.45, 7) is 3.71. The predicted molar refractivity (Wildman–Crippen MR) is 60.7 cm³/mol. The van der Waals surface area contributed by atoms with Crippen LogP contribution in [-0.4, -0.2) is 18.9 Å². The van der Waals surface area contributed by atoms with Crippen LogP contribution in [0.2, 0.25) is 0 Å². The van der Waals surface area contributed by atoms with Gasteiger partial charge in [-0.05, 0) is 12.0 Å². The lowest BCUT2D eigenvalue weighted by Crippen LogP contribution is -2.46. The van der Waals surface area contributed by atoms with Gasteiger partial charge in [-0.2, -0.15) is 0 Å². The highest BCUT2D eigenvalue weighted by atomic mass is 16.1. The Morgan fingerprint density at radius 1 is 1.33 bits per heavy atom. The second-order valence-electron chi connectivity index (χ2n) is 4.57. The minimum Gasteiger partial charge on any atom is -0.315 e. The summed E-state index contributed by atoms with van der Waals surface area (Å²) in [4.78, 5) is 11.9. The maximum Gasteiger partial charge on any atom is 0.141 e. The van der Waals surface area contributed by atoms with E-state index in [1.165, 1.54) is 5.56 Å². The number of rotatable bonds is 2. The first-order valence-corrected chi connectivity index (χ1v) is 5.49. The first kappa shape index (κ1) is 10.4. The quantitative estimate of drug-likeness (QED) is 0.794. The molecule has 0 bridgehead atoms. The molecule has 1 aromatic rings. The topological polar surface area (TPSA) is 29.1 Å². The van der Waals surface area contributed by atoms with E-state index in [9.17, 15) is 4.79 Å². The van der Waals surface area contributed by atoms with Crippen LogP contribution >= 0.6 is 0 Å². The number of piperidine rings is 1. The Morgan fingerprint density at radius 2 is 2.07 bits per heavy atom. The van der Waals surface area contributed by atoms with Crippen molar-refractivity contribution < 1.29 is 4.79 Å². The van der Waals surface area contributed by atoms with Gasteiger partial charge in [0.2, 0.25) is 0 Å². The molecule has 1 fully saturated rings. The molecule has 0 aromatic heterocycles. The van der Waals surface area contributed by atoms with Crippen LogP contribution in [0, 0.1) is 5.41 Å². The Balaban J connectivity index is 2.13. The zero-order chi connectivity index (χ0) is 10.7. The Labute approximate surface area is 90.7 Å². The summed E-state index contributed by atoms with van der Waals surface area (Å²) < 4.78 is 0. The summed E-state index contributed by atoms with van der Waals surface area (Å²) in [5.41, 5.74) is 1.04.